The number of urea groups is 1. The van der Waals surface area contributed by atoms with Gasteiger partial charge in [-0.1, -0.05) is 30.3 Å². The maximum Gasteiger partial charge on any atom is 0.332 e. The lowest BCUT2D eigenvalue weighted by Crippen LogP contribution is -2.42. The van der Waals surface area contributed by atoms with Gasteiger partial charge in [0.2, 0.25) is 0 Å². The molecule has 8 nitrogen and oxygen atoms in total. The van der Waals surface area contributed by atoms with Crippen molar-refractivity contribution in [3.05, 3.63) is 65.4 Å². The Labute approximate surface area is 185 Å². The number of anilines is 1. The summed E-state index contributed by atoms with van der Waals surface area (Å²) in [6.45, 7) is 2.63. The molecule has 2 atom stereocenters. The number of ether oxygens (including phenoxy) is 1. The highest BCUT2D eigenvalue weighted by Gasteiger charge is 2.52. The predicted octanol–water partition coefficient (Wildman–Crippen LogP) is 3.00. The van der Waals surface area contributed by atoms with Gasteiger partial charge in [-0.3, -0.25) is 9.59 Å². The van der Waals surface area contributed by atoms with Gasteiger partial charge in [-0.15, -0.1) is 0 Å². The number of nitrogens with zero attached hydrogens (tertiary/aromatic N) is 2. The van der Waals surface area contributed by atoms with Crippen LogP contribution in [0.25, 0.3) is 10.9 Å². The summed E-state index contributed by atoms with van der Waals surface area (Å²) in [5.41, 5.74) is 3.61. The molecule has 0 radical (unpaired) electrons. The van der Waals surface area contributed by atoms with E-state index in [0.29, 0.717) is 25.3 Å². The van der Waals surface area contributed by atoms with Crippen LogP contribution in [0.3, 0.4) is 0 Å². The third-order valence-electron chi connectivity index (χ3n) is 6.31. The van der Waals surface area contributed by atoms with Gasteiger partial charge in [0.1, 0.15) is 6.04 Å². The molecule has 2 aliphatic rings. The molecule has 32 heavy (non-hydrogen) atoms. The molecule has 2 aromatic carbocycles. The van der Waals surface area contributed by atoms with Crippen molar-refractivity contribution in [1.29, 1.82) is 0 Å². The van der Waals surface area contributed by atoms with Crippen LogP contribution in [0.2, 0.25) is 0 Å². The number of aromatic amines is 1. The van der Waals surface area contributed by atoms with Gasteiger partial charge in [0, 0.05) is 36.7 Å². The number of carbonyl (C=O) groups excluding carboxylic acids is 3. The van der Waals surface area contributed by atoms with Crippen molar-refractivity contribution in [2.24, 2.45) is 0 Å². The van der Waals surface area contributed by atoms with E-state index in [1.54, 1.807) is 36.3 Å². The van der Waals surface area contributed by atoms with Crippen molar-refractivity contribution in [2.75, 3.05) is 25.2 Å². The molecule has 4 amide bonds. The molecule has 0 aliphatic carbocycles. The predicted molar refractivity (Wildman–Crippen MR) is 120 cm³/mol. The zero-order valence-corrected chi connectivity index (χ0v) is 17.9. The first-order valence-corrected chi connectivity index (χ1v) is 10.6. The average Bonchev–Trinajstić information content (AvgIpc) is 3.30. The molecule has 0 unspecified atom stereocenters. The molecular formula is C24H24N4O4. The van der Waals surface area contributed by atoms with Crippen molar-refractivity contribution in [1.82, 2.24) is 15.2 Å². The average molecular weight is 432 g/mol. The Kier molecular flexibility index (Phi) is 4.94. The number of amides is 4. The van der Waals surface area contributed by atoms with Crippen LogP contribution >= 0.6 is 0 Å². The van der Waals surface area contributed by atoms with E-state index >= 15 is 0 Å². The number of fused-ring (bicyclic) bond motifs is 4. The highest BCUT2D eigenvalue weighted by atomic mass is 16.5. The second-order valence-electron chi connectivity index (χ2n) is 8.09. The Morgan fingerprint density at radius 2 is 1.91 bits per heavy atom. The molecule has 2 aliphatic heterocycles. The Bertz CT molecular complexity index is 1230. The Balaban J connectivity index is 1.51. The minimum Gasteiger partial charge on any atom is -0.383 e. The van der Waals surface area contributed by atoms with Crippen LogP contribution in [0.1, 0.15) is 34.6 Å². The summed E-state index contributed by atoms with van der Waals surface area (Å²) >= 11 is 0. The minimum atomic E-state index is -0.603. The van der Waals surface area contributed by atoms with E-state index < -0.39 is 12.1 Å². The fraction of sp³-hybridized carbons (Fsp3) is 0.292. The van der Waals surface area contributed by atoms with Gasteiger partial charge in [-0.2, -0.15) is 0 Å². The van der Waals surface area contributed by atoms with E-state index in [2.05, 4.69) is 10.3 Å². The smallest absolute Gasteiger partial charge is 0.332 e. The summed E-state index contributed by atoms with van der Waals surface area (Å²) in [6.07, 6.45) is 0.437. The van der Waals surface area contributed by atoms with Crippen molar-refractivity contribution in [2.45, 2.75) is 25.4 Å². The molecule has 0 saturated carbocycles. The Morgan fingerprint density at radius 1 is 1.16 bits per heavy atom. The molecule has 0 bridgehead atoms. The van der Waals surface area contributed by atoms with Crippen LogP contribution in [0.5, 0.6) is 0 Å². The zero-order valence-electron chi connectivity index (χ0n) is 17.9. The molecule has 1 saturated heterocycles. The second kappa shape index (κ2) is 7.80. The molecule has 5 rings (SSSR count). The van der Waals surface area contributed by atoms with E-state index in [-0.39, 0.29) is 23.4 Å². The summed E-state index contributed by atoms with van der Waals surface area (Å²) in [6, 6.07) is 13.4. The Morgan fingerprint density at radius 3 is 2.72 bits per heavy atom. The number of imide groups is 1. The maximum atomic E-state index is 13.5. The monoisotopic (exact) mass is 432 g/mol. The number of H-pyrrole nitrogens is 1. The maximum absolute atomic E-state index is 13.5. The van der Waals surface area contributed by atoms with Gasteiger partial charge in [-0.05, 0) is 30.7 Å². The highest BCUT2D eigenvalue weighted by molar-refractivity contribution is 6.24. The summed E-state index contributed by atoms with van der Waals surface area (Å²) < 4.78 is 4.98. The Hall–Kier alpha value is -3.65. The van der Waals surface area contributed by atoms with E-state index in [0.717, 1.165) is 27.1 Å². The summed E-state index contributed by atoms with van der Waals surface area (Å²) in [5, 5.41) is 3.84. The topological polar surface area (TPSA) is 94.7 Å². The van der Waals surface area contributed by atoms with Crippen LogP contribution in [0.15, 0.2) is 48.5 Å². The van der Waals surface area contributed by atoms with Crippen LogP contribution in [-0.2, 0) is 16.0 Å². The molecule has 8 heteroatoms. The molecule has 1 aromatic heterocycles. The highest BCUT2D eigenvalue weighted by Crippen LogP contribution is 2.42. The summed E-state index contributed by atoms with van der Waals surface area (Å²) in [7, 11) is 1.55. The van der Waals surface area contributed by atoms with Crippen LogP contribution in [0.4, 0.5) is 10.5 Å². The number of hydrogen-bond donors (Lipinski definition) is 2. The zero-order chi connectivity index (χ0) is 22.4. The third-order valence-corrected chi connectivity index (χ3v) is 6.31. The lowest BCUT2D eigenvalue weighted by Gasteiger charge is -2.33. The fourth-order valence-electron chi connectivity index (χ4n) is 4.81. The van der Waals surface area contributed by atoms with Crippen LogP contribution < -0.4 is 10.2 Å². The number of rotatable bonds is 5. The summed E-state index contributed by atoms with van der Waals surface area (Å²) in [4.78, 5) is 45.9. The molecular weight excluding hydrogens is 408 g/mol. The third kappa shape index (κ3) is 2.98. The van der Waals surface area contributed by atoms with Crippen molar-refractivity contribution in [3.63, 3.8) is 0 Å². The fourth-order valence-corrected chi connectivity index (χ4v) is 4.81. The van der Waals surface area contributed by atoms with Gasteiger partial charge in [0.05, 0.1) is 23.9 Å². The van der Waals surface area contributed by atoms with E-state index in [9.17, 15) is 14.4 Å². The van der Waals surface area contributed by atoms with E-state index in [4.69, 9.17) is 4.74 Å². The van der Waals surface area contributed by atoms with Crippen molar-refractivity contribution in [3.8, 4) is 0 Å². The number of para-hydroxylation sites is 2. The first kappa shape index (κ1) is 20.3. The molecule has 1 fully saturated rings. The molecule has 0 spiro atoms. The van der Waals surface area contributed by atoms with Crippen molar-refractivity contribution < 1.29 is 19.1 Å². The van der Waals surface area contributed by atoms with Gasteiger partial charge < -0.3 is 19.9 Å². The van der Waals surface area contributed by atoms with Gasteiger partial charge >= 0.3 is 6.03 Å². The van der Waals surface area contributed by atoms with E-state index in [1.165, 1.54) is 0 Å². The normalized spacial score (nSPS) is 19.9. The minimum absolute atomic E-state index is 0.279. The standard InChI is InChI=1S/C24H24N4O4/c1-14-21-17(15-7-3-5-9-18(15)26-21)13-20-23(30)28(24(31)27(14)20)19-10-6-4-8-16(19)22(29)25-11-12-32-2/h3-10,14,20,26H,11-13H2,1-2H3,(H,25,29)/t14-,20+/m1/s1. The van der Waals surface area contributed by atoms with Crippen LogP contribution in [0, 0.1) is 0 Å². The van der Waals surface area contributed by atoms with Gasteiger partial charge in [0.25, 0.3) is 11.8 Å². The molecule has 3 aromatic rings. The quantitative estimate of drug-likeness (QED) is 0.479. The van der Waals surface area contributed by atoms with Crippen molar-refractivity contribution >= 4 is 34.4 Å². The number of carbonyl (C=O) groups is 3. The molecule has 2 N–H and O–H groups in total. The van der Waals surface area contributed by atoms with E-state index in [1.807, 2.05) is 31.2 Å². The second-order valence-corrected chi connectivity index (χ2v) is 8.09. The number of benzene rings is 2. The number of nitrogens with one attached hydrogen (secondary N) is 2. The first-order chi connectivity index (χ1) is 15.5. The van der Waals surface area contributed by atoms with Gasteiger partial charge in [-0.25, -0.2) is 9.69 Å². The number of methoxy groups -OCH3 is 1. The van der Waals surface area contributed by atoms with Gasteiger partial charge in [0.15, 0.2) is 0 Å². The lowest BCUT2D eigenvalue weighted by atomic mass is 9.93. The number of aromatic nitrogens is 1. The molecule has 164 valence electrons. The SMILES string of the molecule is COCCNC(=O)c1ccccc1N1C(=O)[C@@H]2Cc3c([nH]c4ccccc34)[C@@H](C)N2C1=O. The first-order valence-electron chi connectivity index (χ1n) is 10.6. The van der Waals surface area contributed by atoms with Crippen LogP contribution in [-0.4, -0.2) is 54.0 Å². The largest absolute Gasteiger partial charge is 0.383 e. The molecule has 3 heterocycles. The lowest BCUT2D eigenvalue weighted by molar-refractivity contribution is -0.120. The number of hydrogen-bond acceptors (Lipinski definition) is 4. The summed E-state index contributed by atoms with van der Waals surface area (Å²) in [5.74, 6) is -0.665.